The van der Waals surface area contributed by atoms with Gasteiger partial charge >= 0.3 is 0 Å². The van der Waals surface area contributed by atoms with Crippen LogP contribution >= 0.6 is 11.6 Å². The van der Waals surface area contributed by atoms with E-state index in [1.807, 2.05) is 12.1 Å². The number of rotatable bonds is 3. The maximum Gasteiger partial charge on any atom is 0.131 e. The number of anilines is 1. The average molecular weight is 241 g/mol. The number of nitrogens with one attached hydrogen (secondary N) is 1. The molecule has 0 saturated heterocycles. The van der Waals surface area contributed by atoms with Crippen LogP contribution in [0.3, 0.4) is 0 Å². The fourth-order valence-electron chi connectivity index (χ4n) is 2.10. The molecule has 4 heteroatoms. The minimum atomic E-state index is -0.0828. The van der Waals surface area contributed by atoms with Gasteiger partial charge in [0.25, 0.3) is 0 Å². The molecular weight excluding hydrogens is 224 g/mol. The van der Waals surface area contributed by atoms with Crippen LogP contribution in [0.1, 0.15) is 25.7 Å². The summed E-state index contributed by atoms with van der Waals surface area (Å²) < 4.78 is 0. The quantitative estimate of drug-likeness (QED) is 0.799. The Bertz CT molecular complexity index is 338. The summed E-state index contributed by atoms with van der Waals surface area (Å²) in [7, 11) is 0. The first-order valence-electron chi connectivity index (χ1n) is 5.78. The number of aliphatic hydroxyl groups is 1. The first-order chi connectivity index (χ1) is 7.74. The molecule has 0 bridgehead atoms. The lowest BCUT2D eigenvalue weighted by atomic mass is 9.87. The third-order valence-corrected chi connectivity index (χ3v) is 3.31. The normalized spacial score (nSPS) is 25.4. The van der Waals surface area contributed by atoms with Crippen LogP contribution in [0, 0.1) is 5.92 Å². The molecule has 0 atom stereocenters. The maximum absolute atomic E-state index is 9.40. The smallest absolute Gasteiger partial charge is 0.131 e. The Labute approximate surface area is 101 Å². The number of halogens is 1. The van der Waals surface area contributed by atoms with Crippen molar-refractivity contribution in [1.82, 2.24) is 4.98 Å². The SMILES string of the molecule is OC1CCC(CNc2cccc(Cl)n2)CC1. The van der Waals surface area contributed by atoms with Crippen molar-refractivity contribution in [1.29, 1.82) is 0 Å². The number of nitrogens with zero attached hydrogens (tertiary/aromatic N) is 1. The van der Waals surface area contributed by atoms with Crippen molar-refractivity contribution in [2.45, 2.75) is 31.8 Å². The van der Waals surface area contributed by atoms with E-state index in [9.17, 15) is 5.11 Å². The largest absolute Gasteiger partial charge is 0.393 e. The van der Waals surface area contributed by atoms with Gasteiger partial charge in [0.05, 0.1) is 6.10 Å². The Kier molecular flexibility index (Phi) is 4.02. The van der Waals surface area contributed by atoms with E-state index in [0.717, 1.165) is 38.0 Å². The van der Waals surface area contributed by atoms with Crippen LogP contribution in [-0.4, -0.2) is 22.7 Å². The summed E-state index contributed by atoms with van der Waals surface area (Å²) in [6.45, 7) is 0.917. The van der Waals surface area contributed by atoms with Gasteiger partial charge in [-0.1, -0.05) is 17.7 Å². The van der Waals surface area contributed by atoms with Crippen LogP contribution in [0.25, 0.3) is 0 Å². The lowest BCUT2D eigenvalue weighted by molar-refractivity contribution is 0.111. The van der Waals surface area contributed by atoms with Crippen LogP contribution in [0.4, 0.5) is 5.82 Å². The van der Waals surface area contributed by atoms with E-state index in [2.05, 4.69) is 10.3 Å². The van der Waals surface area contributed by atoms with E-state index in [1.165, 1.54) is 0 Å². The minimum absolute atomic E-state index is 0.0828. The molecule has 16 heavy (non-hydrogen) atoms. The van der Waals surface area contributed by atoms with Gasteiger partial charge in [-0.15, -0.1) is 0 Å². The molecule has 3 nitrogen and oxygen atoms in total. The Morgan fingerprint density at radius 3 is 2.75 bits per heavy atom. The molecule has 1 aliphatic carbocycles. The Morgan fingerprint density at radius 2 is 2.06 bits per heavy atom. The van der Waals surface area contributed by atoms with Crippen molar-refractivity contribution in [3.63, 3.8) is 0 Å². The Hall–Kier alpha value is -0.800. The number of hydrogen-bond donors (Lipinski definition) is 2. The van der Waals surface area contributed by atoms with E-state index < -0.39 is 0 Å². The van der Waals surface area contributed by atoms with E-state index in [-0.39, 0.29) is 6.10 Å². The zero-order valence-electron chi connectivity index (χ0n) is 9.19. The van der Waals surface area contributed by atoms with Gasteiger partial charge in [0.1, 0.15) is 11.0 Å². The van der Waals surface area contributed by atoms with Crippen molar-refractivity contribution in [3.05, 3.63) is 23.4 Å². The highest BCUT2D eigenvalue weighted by atomic mass is 35.5. The van der Waals surface area contributed by atoms with E-state index in [4.69, 9.17) is 11.6 Å². The van der Waals surface area contributed by atoms with Gasteiger partial charge in [0.15, 0.2) is 0 Å². The van der Waals surface area contributed by atoms with Crippen LogP contribution in [0.5, 0.6) is 0 Å². The fourth-order valence-corrected chi connectivity index (χ4v) is 2.27. The van der Waals surface area contributed by atoms with Crippen LogP contribution < -0.4 is 5.32 Å². The molecule has 2 N–H and O–H groups in total. The molecule has 1 aromatic heterocycles. The molecule has 1 aliphatic rings. The van der Waals surface area contributed by atoms with Crippen LogP contribution in [0.2, 0.25) is 5.15 Å². The van der Waals surface area contributed by atoms with Gasteiger partial charge in [0.2, 0.25) is 0 Å². The lowest BCUT2D eigenvalue weighted by Gasteiger charge is -2.25. The monoisotopic (exact) mass is 240 g/mol. The predicted molar refractivity (Wildman–Crippen MR) is 65.7 cm³/mol. The van der Waals surface area contributed by atoms with Gasteiger partial charge in [0, 0.05) is 6.54 Å². The highest BCUT2D eigenvalue weighted by Gasteiger charge is 2.18. The predicted octanol–water partition coefficient (Wildman–Crippen LogP) is 2.70. The number of hydrogen-bond acceptors (Lipinski definition) is 3. The van der Waals surface area contributed by atoms with Crippen LogP contribution in [-0.2, 0) is 0 Å². The Balaban J connectivity index is 1.79. The molecule has 2 rings (SSSR count). The third-order valence-electron chi connectivity index (χ3n) is 3.10. The van der Waals surface area contributed by atoms with Gasteiger partial charge in [-0.05, 0) is 43.7 Å². The summed E-state index contributed by atoms with van der Waals surface area (Å²) in [6, 6.07) is 5.58. The molecule has 1 aromatic rings. The lowest BCUT2D eigenvalue weighted by Crippen LogP contribution is -2.23. The molecule has 0 aromatic carbocycles. The third kappa shape index (κ3) is 3.35. The molecule has 1 fully saturated rings. The molecular formula is C12H17ClN2O. The molecule has 0 radical (unpaired) electrons. The molecule has 0 unspecified atom stereocenters. The summed E-state index contributed by atoms with van der Waals surface area (Å²) in [5.41, 5.74) is 0. The van der Waals surface area contributed by atoms with Gasteiger partial charge in [-0.3, -0.25) is 0 Å². The molecule has 0 spiro atoms. The summed E-state index contributed by atoms with van der Waals surface area (Å²) in [4.78, 5) is 4.18. The number of aromatic nitrogens is 1. The van der Waals surface area contributed by atoms with Crippen molar-refractivity contribution in [2.75, 3.05) is 11.9 Å². The van der Waals surface area contributed by atoms with Gasteiger partial charge in [-0.2, -0.15) is 0 Å². The van der Waals surface area contributed by atoms with Crippen molar-refractivity contribution >= 4 is 17.4 Å². The highest BCUT2D eigenvalue weighted by Crippen LogP contribution is 2.24. The second-order valence-corrected chi connectivity index (χ2v) is 4.79. The number of aliphatic hydroxyl groups excluding tert-OH is 1. The minimum Gasteiger partial charge on any atom is -0.393 e. The van der Waals surface area contributed by atoms with Crippen molar-refractivity contribution in [3.8, 4) is 0 Å². The zero-order valence-corrected chi connectivity index (χ0v) is 9.95. The average Bonchev–Trinajstić information content (AvgIpc) is 2.28. The van der Waals surface area contributed by atoms with Crippen molar-refractivity contribution in [2.24, 2.45) is 5.92 Å². The van der Waals surface area contributed by atoms with Gasteiger partial charge in [-0.25, -0.2) is 4.98 Å². The molecule has 1 heterocycles. The first kappa shape index (κ1) is 11.7. The van der Waals surface area contributed by atoms with Crippen molar-refractivity contribution < 1.29 is 5.11 Å². The molecule has 0 aliphatic heterocycles. The summed E-state index contributed by atoms with van der Waals surface area (Å²) in [5.74, 6) is 1.47. The maximum atomic E-state index is 9.40. The first-order valence-corrected chi connectivity index (χ1v) is 6.16. The molecule has 1 saturated carbocycles. The van der Waals surface area contributed by atoms with Gasteiger partial charge < -0.3 is 10.4 Å². The van der Waals surface area contributed by atoms with E-state index in [0.29, 0.717) is 11.1 Å². The standard InChI is InChI=1S/C12H17ClN2O/c13-11-2-1-3-12(15-11)14-8-9-4-6-10(16)7-5-9/h1-3,9-10,16H,4-8H2,(H,14,15). The fraction of sp³-hybridized carbons (Fsp3) is 0.583. The summed E-state index contributed by atoms with van der Waals surface area (Å²) >= 11 is 5.80. The summed E-state index contributed by atoms with van der Waals surface area (Å²) in [6.07, 6.45) is 3.95. The van der Waals surface area contributed by atoms with E-state index in [1.54, 1.807) is 6.07 Å². The summed E-state index contributed by atoms with van der Waals surface area (Å²) in [5, 5.41) is 13.2. The second kappa shape index (κ2) is 5.51. The topological polar surface area (TPSA) is 45.1 Å². The highest BCUT2D eigenvalue weighted by molar-refractivity contribution is 6.29. The Morgan fingerprint density at radius 1 is 1.31 bits per heavy atom. The molecule has 0 amide bonds. The number of pyridine rings is 1. The zero-order chi connectivity index (χ0) is 11.4. The second-order valence-electron chi connectivity index (χ2n) is 4.40. The van der Waals surface area contributed by atoms with Crippen LogP contribution in [0.15, 0.2) is 18.2 Å². The molecule has 88 valence electrons. The van der Waals surface area contributed by atoms with E-state index >= 15 is 0 Å².